The molecule has 0 spiro atoms. The van der Waals surface area contributed by atoms with Crippen molar-refractivity contribution in [1.29, 1.82) is 0 Å². The summed E-state index contributed by atoms with van der Waals surface area (Å²) in [5.41, 5.74) is 3.99. The molecule has 2 heteroatoms. The third-order valence-corrected chi connectivity index (χ3v) is 5.01. The van der Waals surface area contributed by atoms with Crippen molar-refractivity contribution < 1.29 is 9.53 Å². The van der Waals surface area contributed by atoms with Crippen LogP contribution in [0.2, 0.25) is 0 Å². The molecule has 2 atom stereocenters. The summed E-state index contributed by atoms with van der Waals surface area (Å²) >= 11 is 0. The first-order valence-electron chi connectivity index (χ1n) is 9.18. The van der Waals surface area contributed by atoms with Crippen LogP contribution >= 0.6 is 0 Å². The van der Waals surface area contributed by atoms with Crippen molar-refractivity contribution in [2.75, 3.05) is 6.61 Å². The Hall–Kier alpha value is -2.35. The fourth-order valence-corrected chi connectivity index (χ4v) is 3.87. The van der Waals surface area contributed by atoms with E-state index in [4.69, 9.17) is 4.74 Å². The molecule has 1 saturated carbocycles. The maximum absolute atomic E-state index is 11.8. The number of esters is 1. The van der Waals surface area contributed by atoms with Gasteiger partial charge in [0, 0.05) is 6.08 Å². The van der Waals surface area contributed by atoms with Gasteiger partial charge in [-0.05, 0) is 55.6 Å². The van der Waals surface area contributed by atoms with Crippen molar-refractivity contribution in [2.24, 2.45) is 11.8 Å². The number of allylic oxidation sites excluding steroid dienone is 1. The number of hydrogen-bond donors (Lipinski definition) is 0. The molecule has 1 fully saturated rings. The van der Waals surface area contributed by atoms with Crippen LogP contribution in [0.1, 0.15) is 30.9 Å². The molecule has 0 bridgehead atoms. The van der Waals surface area contributed by atoms with Gasteiger partial charge in [0.15, 0.2) is 0 Å². The van der Waals surface area contributed by atoms with E-state index in [0.717, 1.165) is 25.7 Å². The van der Waals surface area contributed by atoms with Crippen LogP contribution < -0.4 is 0 Å². The largest absolute Gasteiger partial charge is 0.463 e. The van der Waals surface area contributed by atoms with Crippen molar-refractivity contribution in [3.63, 3.8) is 0 Å². The molecule has 0 radical (unpaired) electrons. The molecule has 0 heterocycles. The molecule has 0 unspecified atom stereocenters. The van der Waals surface area contributed by atoms with Crippen molar-refractivity contribution in [3.05, 3.63) is 83.4 Å². The standard InChI is InChI=1S/C23H26O2/c1-2-25-23(24)17-20-15-21(13-18-9-5-3-6-10-18)22(16-20)14-19-11-7-4-8-12-19/h3-12,17,21-22H,2,13-16H2,1H3/t21-,22-/m1/s1. The van der Waals surface area contributed by atoms with Crippen molar-refractivity contribution >= 4 is 5.97 Å². The molecule has 2 aromatic carbocycles. The van der Waals surface area contributed by atoms with E-state index in [1.807, 2.05) is 6.92 Å². The number of carbonyl (C=O) groups excluding carboxylic acids is 1. The van der Waals surface area contributed by atoms with E-state index < -0.39 is 0 Å². The highest BCUT2D eigenvalue weighted by Crippen LogP contribution is 2.40. The Balaban J connectivity index is 1.74. The Morgan fingerprint density at radius 3 is 1.84 bits per heavy atom. The Kier molecular flexibility index (Phi) is 6.05. The van der Waals surface area contributed by atoms with Crippen LogP contribution in [-0.2, 0) is 22.4 Å². The number of ether oxygens (including phenoxy) is 1. The number of benzene rings is 2. The van der Waals surface area contributed by atoms with Crippen molar-refractivity contribution in [1.82, 2.24) is 0 Å². The summed E-state index contributed by atoms with van der Waals surface area (Å²) in [6, 6.07) is 21.3. The Bertz CT molecular complexity index is 652. The lowest BCUT2D eigenvalue weighted by Crippen LogP contribution is -2.13. The van der Waals surface area contributed by atoms with E-state index in [9.17, 15) is 4.79 Å². The summed E-state index contributed by atoms with van der Waals surface area (Å²) in [7, 11) is 0. The van der Waals surface area contributed by atoms with Gasteiger partial charge < -0.3 is 4.74 Å². The summed E-state index contributed by atoms with van der Waals surface area (Å²) in [6.07, 6.45) is 5.85. The van der Waals surface area contributed by atoms with E-state index in [0.29, 0.717) is 18.4 Å². The van der Waals surface area contributed by atoms with Crippen LogP contribution in [0.15, 0.2) is 72.3 Å². The first-order valence-corrected chi connectivity index (χ1v) is 9.18. The quantitative estimate of drug-likeness (QED) is 0.550. The predicted octanol–water partition coefficient (Wildman–Crippen LogP) is 4.99. The van der Waals surface area contributed by atoms with E-state index in [1.54, 1.807) is 6.08 Å². The molecule has 2 aromatic rings. The minimum atomic E-state index is -0.198. The minimum Gasteiger partial charge on any atom is -0.463 e. The Labute approximate surface area is 150 Å². The molecular formula is C23H26O2. The Morgan fingerprint density at radius 1 is 0.920 bits per heavy atom. The van der Waals surface area contributed by atoms with Crippen LogP contribution in [0, 0.1) is 11.8 Å². The van der Waals surface area contributed by atoms with Crippen molar-refractivity contribution in [3.8, 4) is 0 Å². The maximum atomic E-state index is 11.8. The first kappa shape index (κ1) is 17.5. The molecule has 1 aliphatic rings. The molecule has 0 aromatic heterocycles. The van der Waals surface area contributed by atoms with Crippen LogP contribution in [0.5, 0.6) is 0 Å². The summed E-state index contributed by atoms with van der Waals surface area (Å²) in [5, 5.41) is 0. The van der Waals surface area contributed by atoms with E-state index in [2.05, 4.69) is 60.7 Å². The molecule has 2 nitrogen and oxygen atoms in total. The molecule has 25 heavy (non-hydrogen) atoms. The molecule has 1 aliphatic carbocycles. The van der Waals surface area contributed by atoms with E-state index in [-0.39, 0.29) is 5.97 Å². The number of hydrogen-bond acceptors (Lipinski definition) is 2. The van der Waals surface area contributed by atoms with Gasteiger partial charge in [-0.2, -0.15) is 0 Å². The summed E-state index contributed by atoms with van der Waals surface area (Å²) in [4.78, 5) is 11.8. The second-order valence-electron chi connectivity index (χ2n) is 6.86. The molecule has 0 amide bonds. The van der Waals surface area contributed by atoms with E-state index >= 15 is 0 Å². The average Bonchev–Trinajstić information content (AvgIpc) is 2.97. The molecule has 0 N–H and O–H groups in total. The van der Waals surface area contributed by atoms with Crippen molar-refractivity contribution in [2.45, 2.75) is 32.6 Å². The highest BCUT2D eigenvalue weighted by Gasteiger charge is 2.31. The van der Waals surface area contributed by atoms with Gasteiger partial charge in [0.1, 0.15) is 0 Å². The third kappa shape index (κ3) is 5.06. The SMILES string of the molecule is CCOC(=O)C=C1C[C@@H](Cc2ccccc2)[C@H](Cc2ccccc2)C1. The zero-order chi connectivity index (χ0) is 17.5. The van der Waals surface area contributed by atoms with Crippen LogP contribution in [0.3, 0.4) is 0 Å². The van der Waals surface area contributed by atoms with E-state index in [1.165, 1.54) is 16.7 Å². The number of rotatable bonds is 6. The number of carbonyl (C=O) groups is 1. The topological polar surface area (TPSA) is 26.3 Å². The summed E-state index contributed by atoms with van der Waals surface area (Å²) in [5.74, 6) is 0.947. The van der Waals surface area contributed by atoms with Gasteiger partial charge in [0.05, 0.1) is 6.61 Å². The van der Waals surface area contributed by atoms with Gasteiger partial charge in [-0.3, -0.25) is 0 Å². The monoisotopic (exact) mass is 334 g/mol. The van der Waals surface area contributed by atoms with Crippen LogP contribution in [0.4, 0.5) is 0 Å². The predicted molar refractivity (Wildman–Crippen MR) is 101 cm³/mol. The second-order valence-corrected chi connectivity index (χ2v) is 6.86. The fraction of sp³-hybridized carbons (Fsp3) is 0.348. The fourth-order valence-electron chi connectivity index (χ4n) is 3.87. The molecule has 3 rings (SSSR count). The molecule has 0 aliphatic heterocycles. The lowest BCUT2D eigenvalue weighted by molar-refractivity contribution is -0.137. The summed E-state index contributed by atoms with van der Waals surface area (Å²) in [6.45, 7) is 2.28. The van der Waals surface area contributed by atoms with Gasteiger partial charge in [-0.25, -0.2) is 4.79 Å². The van der Waals surface area contributed by atoms with Gasteiger partial charge in [-0.15, -0.1) is 0 Å². The highest BCUT2D eigenvalue weighted by molar-refractivity contribution is 5.82. The normalized spacial score (nSPS) is 19.6. The lowest BCUT2D eigenvalue weighted by atomic mass is 9.85. The zero-order valence-corrected chi connectivity index (χ0v) is 14.9. The third-order valence-electron chi connectivity index (χ3n) is 5.01. The van der Waals surface area contributed by atoms with Gasteiger partial charge in [0.2, 0.25) is 0 Å². The molecule has 0 saturated heterocycles. The van der Waals surface area contributed by atoms with Gasteiger partial charge in [0.25, 0.3) is 0 Å². The lowest BCUT2D eigenvalue weighted by Gasteiger charge is -2.19. The highest BCUT2D eigenvalue weighted by atomic mass is 16.5. The van der Waals surface area contributed by atoms with Crippen LogP contribution in [0.25, 0.3) is 0 Å². The molecule has 130 valence electrons. The van der Waals surface area contributed by atoms with Crippen LogP contribution in [-0.4, -0.2) is 12.6 Å². The zero-order valence-electron chi connectivity index (χ0n) is 14.9. The summed E-state index contributed by atoms with van der Waals surface area (Å²) < 4.78 is 5.10. The first-order chi connectivity index (χ1) is 12.2. The molecular weight excluding hydrogens is 308 g/mol. The minimum absolute atomic E-state index is 0.198. The maximum Gasteiger partial charge on any atom is 0.330 e. The second kappa shape index (κ2) is 8.66. The Morgan fingerprint density at radius 2 is 1.40 bits per heavy atom. The van der Waals surface area contributed by atoms with Gasteiger partial charge in [-0.1, -0.05) is 66.2 Å². The smallest absolute Gasteiger partial charge is 0.330 e. The van der Waals surface area contributed by atoms with Gasteiger partial charge >= 0.3 is 5.97 Å². The average molecular weight is 334 g/mol.